The zero-order chi connectivity index (χ0) is 16.5. The first-order valence-electron chi connectivity index (χ1n) is 8.21. The maximum Gasteiger partial charge on any atom is 0.0187 e. The van der Waals surface area contributed by atoms with Crippen molar-refractivity contribution in [3.05, 3.63) is 107 Å². The molecule has 0 nitrogen and oxygen atoms in total. The third kappa shape index (κ3) is 5.77. The molecular weight excluding hydrogens is 328 g/mol. The Bertz CT molecular complexity index is 641. The van der Waals surface area contributed by atoms with Gasteiger partial charge in [0.1, 0.15) is 0 Å². The third-order valence-corrected chi connectivity index (χ3v) is 5.93. The molecule has 0 saturated heterocycles. The quantitative estimate of drug-likeness (QED) is 0.451. The lowest BCUT2D eigenvalue weighted by Crippen LogP contribution is -1.86. The van der Waals surface area contributed by atoms with Gasteiger partial charge in [0.05, 0.1) is 0 Å². The van der Waals surface area contributed by atoms with Gasteiger partial charge in [0.15, 0.2) is 0 Å². The minimum Gasteiger partial charge on any atom is -0.152 e. The number of hydrogen-bond donors (Lipinski definition) is 0. The SMILES string of the molecule is c1ccc(CSCc2ccc(CSCc3ccccc3)cc2)cc1. The van der Waals surface area contributed by atoms with Gasteiger partial charge in [-0.05, 0) is 22.3 Å². The summed E-state index contributed by atoms with van der Waals surface area (Å²) in [5, 5.41) is 0. The molecular formula is C22H22S2. The van der Waals surface area contributed by atoms with Gasteiger partial charge in [-0.15, -0.1) is 0 Å². The normalized spacial score (nSPS) is 10.7. The number of thioether (sulfide) groups is 2. The minimum atomic E-state index is 1.08. The molecule has 0 saturated carbocycles. The molecule has 0 N–H and O–H groups in total. The molecule has 0 aliphatic carbocycles. The zero-order valence-corrected chi connectivity index (χ0v) is 15.4. The maximum atomic E-state index is 2.27. The van der Waals surface area contributed by atoms with Crippen LogP contribution in [0, 0.1) is 0 Å². The van der Waals surface area contributed by atoms with Gasteiger partial charge in [-0.1, -0.05) is 84.9 Å². The summed E-state index contributed by atoms with van der Waals surface area (Å²) in [5.41, 5.74) is 5.62. The Morgan fingerprint density at radius 3 is 1.00 bits per heavy atom. The van der Waals surface area contributed by atoms with Crippen LogP contribution in [-0.2, 0) is 23.0 Å². The fraction of sp³-hybridized carbons (Fsp3) is 0.182. The van der Waals surface area contributed by atoms with E-state index in [1.807, 2.05) is 23.5 Å². The van der Waals surface area contributed by atoms with Gasteiger partial charge in [-0.25, -0.2) is 0 Å². The van der Waals surface area contributed by atoms with E-state index in [4.69, 9.17) is 0 Å². The van der Waals surface area contributed by atoms with Crippen molar-refractivity contribution in [2.45, 2.75) is 23.0 Å². The molecule has 0 amide bonds. The van der Waals surface area contributed by atoms with Gasteiger partial charge in [0.2, 0.25) is 0 Å². The lowest BCUT2D eigenvalue weighted by molar-refractivity contribution is 1.32. The first-order valence-corrected chi connectivity index (χ1v) is 10.5. The second-order valence-corrected chi connectivity index (χ2v) is 7.74. The van der Waals surface area contributed by atoms with E-state index in [0.717, 1.165) is 23.0 Å². The van der Waals surface area contributed by atoms with E-state index in [9.17, 15) is 0 Å². The van der Waals surface area contributed by atoms with E-state index < -0.39 is 0 Å². The van der Waals surface area contributed by atoms with E-state index in [-0.39, 0.29) is 0 Å². The predicted octanol–water partition coefficient (Wildman–Crippen LogP) is 6.55. The Labute approximate surface area is 153 Å². The van der Waals surface area contributed by atoms with Crippen molar-refractivity contribution in [2.24, 2.45) is 0 Å². The molecule has 2 heteroatoms. The molecule has 0 aliphatic heterocycles. The summed E-state index contributed by atoms with van der Waals surface area (Å²) in [7, 11) is 0. The zero-order valence-electron chi connectivity index (χ0n) is 13.7. The largest absolute Gasteiger partial charge is 0.152 e. The molecule has 0 aromatic heterocycles. The molecule has 24 heavy (non-hydrogen) atoms. The minimum absolute atomic E-state index is 1.08. The van der Waals surface area contributed by atoms with Gasteiger partial charge in [-0.3, -0.25) is 0 Å². The topological polar surface area (TPSA) is 0 Å². The second kappa shape index (κ2) is 9.61. The van der Waals surface area contributed by atoms with E-state index in [0.29, 0.717) is 0 Å². The van der Waals surface area contributed by atoms with Crippen LogP contribution in [0.15, 0.2) is 84.9 Å². The summed E-state index contributed by atoms with van der Waals surface area (Å²) in [5.74, 6) is 4.31. The Balaban J connectivity index is 1.40. The van der Waals surface area contributed by atoms with Crippen LogP contribution >= 0.6 is 23.5 Å². The molecule has 0 fully saturated rings. The van der Waals surface area contributed by atoms with Crippen LogP contribution in [0.3, 0.4) is 0 Å². The molecule has 0 bridgehead atoms. The summed E-state index contributed by atoms with van der Waals surface area (Å²) in [4.78, 5) is 0. The maximum absolute atomic E-state index is 2.27. The first kappa shape index (κ1) is 17.2. The lowest BCUT2D eigenvalue weighted by Gasteiger charge is -2.05. The van der Waals surface area contributed by atoms with Crippen molar-refractivity contribution in [3.63, 3.8) is 0 Å². The average Bonchev–Trinajstić information content (AvgIpc) is 2.65. The van der Waals surface area contributed by atoms with Crippen LogP contribution in [0.25, 0.3) is 0 Å². The summed E-state index contributed by atoms with van der Waals surface area (Å²) in [6.45, 7) is 0. The van der Waals surface area contributed by atoms with Crippen molar-refractivity contribution in [1.82, 2.24) is 0 Å². The number of benzene rings is 3. The van der Waals surface area contributed by atoms with E-state index in [2.05, 4.69) is 84.9 Å². The van der Waals surface area contributed by atoms with Gasteiger partial charge < -0.3 is 0 Å². The molecule has 0 heterocycles. The third-order valence-electron chi connectivity index (χ3n) is 3.78. The van der Waals surface area contributed by atoms with Crippen molar-refractivity contribution >= 4 is 23.5 Å². The summed E-state index contributed by atoms with van der Waals surface area (Å²) in [6, 6.07) is 30.5. The highest BCUT2D eigenvalue weighted by Gasteiger charge is 1.98. The highest BCUT2D eigenvalue weighted by atomic mass is 32.2. The van der Waals surface area contributed by atoms with Crippen molar-refractivity contribution in [1.29, 1.82) is 0 Å². The molecule has 3 aromatic rings. The van der Waals surface area contributed by atoms with Gasteiger partial charge in [0, 0.05) is 23.0 Å². The van der Waals surface area contributed by atoms with Crippen molar-refractivity contribution in [3.8, 4) is 0 Å². The van der Waals surface area contributed by atoms with E-state index in [1.165, 1.54) is 22.3 Å². The summed E-state index contributed by atoms with van der Waals surface area (Å²) < 4.78 is 0. The van der Waals surface area contributed by atoms with E-state index in [1.54, 1.807) is 0 Å². The number of hydrogen-bond acceptors (Lipinski definition) is 2. The van der Waals surface area contributed by atoms with Crippen LogP contribution in [0.1, 0.15) is 22.3 Å². The molecule has 0 atom stereocenters. The standard InChI is InChI=1S/C22H22S2/c1-3-7-19(8-4-1)15-23-17-21-11-13-22(14-12-21)18-24-16-20-9-5-2-6-10-20/h1-14H,15-18H2. The molecule has 0 unspecified atom stereocenters. The molecule has 0 aliphatic rings. The average molecular weight is 351 g/mol. The molecule has 122 valence electrons. The number of rotatable bonds is 8. The lowest BCUT2D eigenvalue weighted by atomic mass is 10.2. The van der Waals surface area contributed by atoms with Crippen LogP contribution in [0.4, 0.5) is 0 Å². The van der Waals surface area contributed by atoms with Gasteiger partial charge in [-0.2, -0.15) is 23.5 Å². The van der Waals surface area contributed by atoms with Gasteiger partial charge in [0.25, 0.3) is 0 Å². The summed E-state index contributed by atoms with van der Waals surface area (Å²) in [6.07, 6.45) is 0. The van der Waals surface area contributed by atoms with Gasteiger partial charge >= 0.3 is 0 Å². The van der Waals surface area contributed by atoms with Crippen LogP contribution in [0.2, 0.25) is 0 Å². The Kier molecular flexibility index (Phi) is 6.88. The smallest absolute Gasteiger partial charge is 0.0187 e. The Hall–Kier alpha value is -1.64. The van der Waals surface area contributed by atoms with Crippen molar-refractivity contribution < 1.29 is 0 Å². The molecule has 3 aromatic carbocycles. The van der Waals surface area contributed by atoms with Crippen LogP contribution in [0.5, 0.6) is 0 Å². The van der Waals surface area contributed by atoms with Crippen LogP contribution in [-0.4, -0.2) is 0 Å². The highest BCUT2D eigenvalue weighted by Crippen LogP contribution is 2.21. The Morgan fingerprint density at radius 1 is 0.375 bits per heavy atom. The van der Waals surface area contributed by atoms with Crippen LogP contribution < -0.4 is 0 Å². The van der Waals surface area contributed by atoms with E-state index >= 15 is 0 Å². The van der Waals surface area contributed by atoms with Crippen molar-refractivity contribution in [2.75, 3.05) is 0 Å². The fourth-order valence-electron chi connectivity index (χ4n) is 2.45. The fourth-order valence-corrected chi connectivity index (χ4v) is 4.37. The molecule has 0 radical (unpaired) electrons. The molecule has 0 spiro atoms. The first-order chi connectivity index (χ1) is 11.9. The second-order valence-electron chi connectivity index (χ2n) is 5.77. The molecule has 3 rings (SSSR count). The predicted molar refractivity (Wildman–Crippen MR) is 109 cm³/mol. The Morgan fingerprint density at radius 2 is 0.667 bits per heavy atom. The summed E-state index contributed by atoms with van der Waals surface area (Å²) >= 11 is 3.95. The highest BCUT2D eigenvalue weighted by molar-refractivity contribution is 7.98. The monoisotopic (exact) mass is 350 g/mol.